The molecule has 0 saturated carbocycles. The van der Waals surface area contributed by atoms with E-state index in [9.17, 15) is 0 Å². The summed E-state index contributed by atoms with van der Waals surface area (Å²) in [5.41, 5.74) is 0. The van der Waals surface area contributed by atoms with Gasteiger partial charge in [0.25, 0.3) is 0 Å². The minimum atomic E-state index is -1.69. The number of benzene rings is 1. The van der Waals surface area contributed by atoms with Gasteiger partial charge in [0.2, 0.25) is 0 Å². The van der Waals surface area contributed by atoms with Gasteiger partial charge >= 0.3 is 0 Å². The minimum absolute atomic E-state index is 0.221. The van der Waals surface area contributed by atoms with E-state index in [1.54, 1.807) is 0 Å². The maximum absolute atomic E-state index is 6.07. The Morgan fingerprint density at radius 2 is 0.732 bits per heavy atom. The molecule has 0 radical (unpaired) electrons. The van der Waals surface area contributed by atoms with Gasteiger partial charge in [-0.05, 0) is 30.3 Å². The van der Waals surface area contributed by atoms with Crippen molar-refractivity contribution in [3.05, 3.63) is 30.3 Å². The van der Waals surface area contributed by atoms with E-state index < -0.39 is 8.32 Å². The standard InChI is InChI=1S/C30H56O10Si/c1-30(2,3)41(4,5)40-28-26-38-24-22-36-20-18-34-16-14-32-12-11-31-13-15-33-17-19-35-21-23-37-25-27-39-29-9-7-6-8-10-29/h6-10H,11-28H2,1-5H3. The summed E-state index contributed by atoms with van der Waals surface area (Å²) in [4.78, 5) is 0. The lowest BCUT2D eigenvalue weighted by molar-refractivity contribution is -0.0241. The predicted octanol–water partition coefficient (Wildman–Crippen LogP) is 4.22. The van der Waals surface area contributed by atoms with Crippen LogP contribution in [0.1, 0.15) is 20.8 Å². The molecule has 0 aliphatic heterocycles. The van der Waals surface area contributed by atoms with E-state index in [0.717, 1.165) is 5.75 Å². The van der Waals surface area contributed by atoms with E-state index in [1.807, 2.05) is 30.3 Å². The molecule has 0 fully saturated rings. The Balaban J connectivity index is 1.67. The molecule has 0 aliphatic rings. The highest BCUT2D eigenvalue weighted by molar-refractivity contribution is 6.74. The van der Waals surface area contributed by atoms with Crippen LogP contribution in [0.15, 0.2) is 30.3 Å². The zero-order valence-electron chi connectivity index (χ0n) is 26.2. The number of ether oxygens (including phenoxy) is 9. The average Bonchev–Trinajstić information content (AvgIpc) is 2.94. The lowest BCUT2D eigenvalue weighted by atomic mass is 10.2. The van der Waals surface area contributed by atoms with Gasteiger partial charge in [-0.25, -0.2) is 0 Å². The highest BCUT2D eigenvalue weighted by Gasteiger charge is 2.36. The Morgan fingerprint density at radius 3 is 1.05 bits per heavy atom. The molecule has 0 saturated heterocycles. The van der Waals surface area contributed by atoms with Crippen LogP contribution in [-0.4, -0.2) is 127 Å². The largest absolute Gasteiger partial charge is 0.491 e. The molecular weight excluding hydrogens is 548 g/mol. The second-order valence-corrected chi connectivity index (χ2v) is 15.5. The Labute approximate surface area is 249 Å². The summed E-state index contributed by atoms with van der Waals surface area (Å²) < 4.78 is 55.6. The molecule has 0 N–H and O–H groups in total. The van der Waals surface area contributed by atoms with Crippen LogP contribution in [0.25, 0.3) is 0 Å². The second-order valence-electron chi connectivity index (χ2n) is 10.7. The third kappa shape index (κ3) is 23.1. The maximum Gasteiger partial charge on any atom is 0.192 e. The number of para-hydroxylation sites is 1. The van der Waals surface area contributed by atoms with Crippen molar-refractivity contribution in [3.8, 4) is 5.75 Å². The summed E-state index contributed by atoms with van der Waals surface area (Å²) in [7, 11) is -1.69. The van der Waals surface area contributed by atoms with Crippen LogP contribution < -0.4 is 4.74 Å². The van der Waals surface area contributed by atoms with Gasteiger partial charge in [0.1, 0.15) is 12.4 Å². The molecule has 0 aromatic heterocycles. The molecule has 0 atom stereocenters. The van der Waals surface area contributed by atoms with Gasteiger partial charge in [0.05, 0.1) is 112 Å². The first-order valence-electron chi connectivity index (χ1n) is 14.8. The van der Waals surface area contributed by atoms with E-state index in [0.29, 0.717) is 119 Å². The van der Waals surface area contributed by atoms with Gasteiger partial charge in [-0.1, -0.05) is 39.0 Å². The van der Waals surface area contributed by atoms with Crippen LogP contribution in [-0.2, 0) is 42.3 Å². The van der Waals surface area contributed by atoms with Gasteiger partial charge in [-0.15, -0.1) is 0 Å². The first-order chi connectivity index (χ1) is 19.8. The van der Waals surface area contributed by atoms with Crippen LogP contribution in [0.2, 0.25) is 18.1 Å². The molecule has 0 bridgehead atoms. The fraction of sp³-hybridized carbons (Fsp3) is 0.800. The quantitative estimate of drug-likeness (QED) is 0.0978. The summed E-state index contributed by atoms with van der Waals surface area (Å²) in [5, 5.41) is 0.221. The number of rotatable bonds is 29. The Kier molecular flexibility index (Phi) is 23.5. The van der Waals surface area contributed by atoms with Crippen LogP contribution in [0.5, 0.6) is 5.75 Å². The van der Waals surface area contributed by atoms with Crippen molar-refractivity contribution in [2.24, 2.45) is 0 Å². The fourth-order valence-corrected chi connectivity index (χ4v) is 3.98. The molecule has 0 amide bonds. The Morgan fingerprint density at radius 1 is 0.439 bits per heavy atom. The van der Waals surface area contributed by atoms with Crippen LogP contribution in [0.3, 0.4) is 0 Å². The van der Waals surface area contributed by atoms with Gasteiger partial charge in [-0.2, -0.15) is 0 Å². The van der Waals surface area contributed by atoms with E-state index in [2.05, 4.69) is 33.9 Å². The molecule has 0 unspecified atom stereocenters. The summed E-state index contributed by atoms with van der Waals surface area (Å²) in [6.07, 6.45) is 0. The first kappa shape index (κ1) is 37.9. The maximum atomic E-state index is 6.07. The van der Waals surface area contributed by atoms with Crippen molar-refractivity contribution in [1.29, 1.82) is 0 Å². The zero-order chi connectivity index (χ0) is 29.9. The van der Waals surface area contributed by atoms with E-state index in [1.165, 1.54) is 0 Å². The molecule has 0 spiro atoms. The molecule has 41 heavy (non-hydrogen) atoms. The number of hydrogen-bond donors (Lipinski definition) is 0. The third-order valence-corrected chi connectivity index (χ3v) is 10.9. The minimum Gasteiger partial charge on any atom is -0.491 e. The van der Waals surface area contributed by atoms with Crippen molar-refractivity contribution in [3.63, 3.8) is 0 Å². The molecule has 11 heteroatoms. The SMILES string of the molecule is CC(C)(C)[Si](C)(C)OCCOCCOCCOCCOCCOCCOCCOCCOCCOc1ccccc1. The first-order valence-corrected chi connectivity index (χ1v) is 17.7. The summed E-state index contributed by atoms with van der Waals surface area (Å²) in [6, 6.07) is 9.69. The van der Waals surface area contributed by atoms with E-state index in [-0.39, 0.29) is 5.04 Å². The molecule has 1 aromatic rings. The normalized spacial score (nSPS) is 12.2. The van der Waals surface area contributed by atoms with Crippen LogP contribution >= 0.6 is 0 Å². The van der Waals surface area contributed by atoms with Crippen LogP contribution in [0.4, 0.5) is 0 Å². The summed E-state index contributed by atoms with van der Waals surface area (Å²) in [6.45, 7) is 20.9. The zero-order valence-corrected chi connectivity index (χ0v) is 27.2. The molecule has 1 aromatic carbocycles. The van der Waals surface area contributed by atoms with Crippen molar-refractivity contribution >= 4 is 8.32 Å². The van der Waals surface area contributed by atoms with Crippen molar-refractivity contribution in [2.45, 2.75) is 38.9 Å². The van der Waals surface area contributed by atoms with Crippen molar-refractivity contribution < 1.29 is 47.1 Å². The van der Waals surface area contributed by atoms with Crippen molar-refractivity contribution in [1.82, 2.24) is 0 Å². The predicted molar refractivity (Wildman–Crippen MR) is 162 cm³/mol. The monoisotopic (exact) mass is 604 g/mol. The Hall–Kier alpha value is -1.12. The lowest BCUT2D eigenvalue weighted by Crippen LogP contribution is -2.41. The van der Waals surface area contributed by atoms with Gasteiger partial charge in [0, 0.05) is 0 Å². The lowest BCUT2D eigenvalue weighted by Gasteiger charge is -2.36. The van der Waals surface area contributed by atoms with Crippen LogP contribution in [0, 0.1) is 0 Å². The van der Waals surface area contributed by atoms with Crippen molar-refractivity contribution in [2.75, 3.05) is 119 Å². The van der Waals surface area contributed by atoms with E-state index in [4.69, 9.17) is 47.1 Å². The fourth-order valence-electron chi connectivity index (χ4n) is 2.95. The van der Waals surface area contributed by atoms with Gasteiger partial charge < -0.3 is 47.1 Å². The topological polar surface area (TPSA) is 92.3 Å². The third-order valence-electron chi connectivity index (χ3n) is 6.34. The Bertz CT molecular complexity index is 688. The van der Waals surface area contributed by atoms with Gasteiger partial charge in [0.15, 0.2) is 8.32 Å². The second kappa shape index (κ2) is 25.4. The van der Waals surface area contributed by atoms with Gasteiger partial charge in [-0.3, -0.25) is 0 Å². The average molecular weight is 605 g/mol. The molecular formula is C30H56O10Si. The summed E-state index contributed by atoms with van der Waals surface area (Å²) in [5.74, 6) is 0.848. The number of hydrogen-bond acceptors (Lipinski definition) is 10. The smallest absolute Gasteiger partial charge is 0.192 e. The highest BCUT2D eigenvalue weighted by Crippen LogP contribution is 2.36. The highest BCUT2D eigenvalue weighted by atomic mass is 28.4. The molecule has 10 nitrogen and oxygen atoms in total. The van der Waals surface area contributed by atoms with E-state index >= 15 is 0 Å². The molecule has 240 valence electrons. The summed E-state index contributed by atoms with van der Waals surface area (Å²) >= 11 is 0. The molecule has 1 rings (SSSR count). The molecule has 0 aliphatic carbocycles. The molecule has 0 heterocycles.